The van der Waals surface area contributed by atoms with Gasteiger partial charge >= 0.3 is 0 Å². The topological polar surface area (TPSA) is 26.0 Å². The van der Waals surface area contributed by atoms with Gasteiger partial charge in [0.05, 0.1) is 0 Å². The Morgan fingerprint density at radius 1 is 2.50 bits per heavy atom. The first-order valence-electron chi connectivity index (χ1n) is 5.12. The summed E-state index contributed by atoms with van der Waals surface area (Å²) in [7, 11) is 0. The van der Waals surface area contributed by atoms with Crippen LogP contribution in [0.5, 0.6) is 0 Å². The van der Waals surface area contributed by atoms with Gasteiger partial charge in [-0.25, -0.2) is 0 Å². The van der Waals surface area contributed by atoms with Gasteiger partial charge in [0.15, 0.2) is 0 Å². The Balaban J connectivity index is 5.22. The zero-order valence-corrected chi connectivity index (χ0v) is 1.95. The molecule has 1 nitrogen and oxygen atoms in total. The molecule has 0 spiro atoms. The maximum atomic E-state index is 7.10. The largest absolute Gasteiger partial charge is 0.328 e. The molecule has 0 radical (unpaired) electrons. The van der Waals surface area contributed by atoms with Gasteiger partial charge in [0.25, 0.3) is 0 Å². The van der Waals surface area contributed by atoms with Gasteiger partial charge in [-0.15, -0.1) is 0 Å². The Hall–Kier alpha value is -0.0400. The van der Waals surface area contributed by atoms with Gasteiger partial charge < -0.3 is 5.72 Å². The van der Waals surface area contributed by atoms with E-state index in [1.807, 2.05) is 0 Å². The molecule has 0 saturated heterocycles. The van der Waals surface area contributed by atoms with E-state index in [1.54, 1.807) is 0 Å². The Morgan fingerprint density at radius 3 is 3.25 bits per heavy atom. The summed E-state index contributed by atoms with van der Waals surface area (Å²) >= 11 is 0. The zero-order chi connectivity index (χ0) is 11.1. The van der Waals surface area contributed by atoms with E-state index in [1.165, 1.54) is 0 Å². The SMILES string of the molecule is [2H]N([2H])C([2H])(C([2H])([2H])[2H])C([2H])([2H])[2H]. The summed E-state index contributed by atoms with van der Waals surface area (Å²) < 4.78 is 61.0. The van der Waals surface area contributed by atoms with E-state index in [0.717, 1.165) is 0 Å². The summed E-state index contributed by atoms with van der Waals surface area (Å²) in [5, 5.41) is 0. The highest BCUT2D eigenvalue weighted by Crippen LogP contribution is 1.58. The van der Waals surface area contributed by atoms with Crippen LogP contribution in [0.3, 0.4) is 0 Å². The van der Waals surface area contributed by atoms with Gasteiger partial charge in [0.2, 0.25) is 0 Å². The fourth-order valence-corrected chi connectivity index (χ4v) is 0. The quantitative estimate of drug-likeness (QED) is 0.471. The van der Waals surface area contributed by atoms with E-state index in [9.17, 15) is 0 Å². The molecule has 0 fully saturated rings. The molecule has 0 aliphatic heterocycles. The molecule has 4 heavy (non-hydrogen) atoms. The molecule has 1 heteroatoms. The number of nitrogens with two attached hydrogens (primary N) is 1. The third-order valence-electron chi connectivity index (χ3n) is 0. The maximum absolute atomic E-state index is 7.10. The lowest BCUT2D eigenvalue weighted by molar-refractivity contribution is 0.834. The van der Waals surface area contributed by atoms with Crippen LogP contribution in [-0.2, 0) is 0 Å². The van der Waals surface area contributed by atoms with Crippen LogP contribution >= 0.6 is 0 Å². The number of hydrogen-bond acceptors (Lipinski definition) is 1. The van der Waals surface area contributed by atoms with Crippen molar-refractivity contribution in [2.24, 2.45) is 5.72 Å². The van der Waals surface area contributed by atoms with Crippen molar-refractivity contribution in [2.75, 3.05) is 0 Å². The van der Waals surface area contributed by atoms with E-state index in [0.29, 0.717) is 0 Å². The van der Waals surface area contributed by atoms with Crippen LogP contribution in [0.15, 0.2) is 0 Å². The molecule has 0 atom stereocenters. The lowest BCUT2D eigenvalue weighted by Gasteiger charge is -1.81. The molecule has 0 unspecified atom stereocenters. The highest BCUT2D eigenvalue weighted by Gasteiger charge is 1.67. The second-order valence-corrected chi connectivity index (χ2v) is 0.349. The summed E-state index contributed by atoms with van der Waals surface area (Å²) in [6, 6.07) is -3.21. The summed E-state index contributed by atoms with van der Waals surface area (Å²) in [4.78, 5) is 0. The second-order valence-electron chi connectivity index (χ2n) is 0.349. The molecule has 0 rings (SSSR count). The smallest absolute Gasteiger partial charge is 0.119 e. The van der Waals surface area contributed by atoms with Gasteiger partial charge in [-0.3, -0.25) is 0 Å². The summed E-state index contributed by atoms with van der Waals surface area (Å²) in [6.45, 7) is -6.47. The molecule has 0 heterocycles. The van der Waals surface area contributed by atoms with Gasteiger partial charge in [0, 0.05) is 9.60 Å². The molecule has 0 bridgehead atoms. The van der Waals surface area contributed by atoms with Crippen molar-refractivity contribution in [3.05, 3.63) is 0 Å². The van der Waals surface area contributed by atoms with Crippen LogP contribution in [0.2, 0.25) is 2.82 Å². The van der Waals surface area contributed by atoms with Crippen molar-refractivity contribution in [1.29, 1.82) is 0 Å². The van der Waals surface area contributed by atoms with Crippen LogP contribution in [-0.4, -0.2) is 6.02 Å². The van der Waals surface area contributed by atoms with Gasteiger partial charge in [-0.05, 0) is 6.02 Å². The molecule has 2 N–H and O–H groups in total. The van der Waals surface area contributed by atoms with Crippen molar-refractivity contribution in [3.63, 3.8) is 0 Å². The second kappa shape index (κ2) is 1.30. The normalized spacial score (nSPS) is 51.8. The lowest BCUT2D eigenvalue weighted by atomic mass is 10.5. The average molecular weight is 68.2 g/mol. The molecule has 0 aromatic heterocycles. The molecule has 0 aliphatic rings. The first kappa shape index (κ1) is 0.243. The van der Waals surface area contributed by atoms with Gasteiger partial charge in [-0.2, -0.15) is 0 Å². The van der Waals surface area contributed by atoms with Crippen LogP contribution in [0.1, 0.15) is 23.3 Å². The van der Waals surface area contributed by atoms with Crippen LogP contribution in [0.4, 0.5) is 0 Å². The van der Waals surface area contributed by atoms with Crippen LogP contribution < -0.4 is 5.72 Å². The Bertz CT molecular complexity index is 162. The van der Waals surface area contributed by atoms with Crippen molar-refractivity contribution in [3.8, 4) is 0 Å². The predicted octanol–water partition coefficient (Wildman–Crippen LogP) is 0.353. The van der Waals surface area contributed by atoms with Crippen LogP contribution in [0.25, 0.3) is 0 Å². The van der Waals surface area contributed by atoms with Gasteiger partial charge in [0.1, 0.15) is 2.82 Å². The van der Waals surface area contributed by atoms with Crippen molar-refractivity contribution < 1.29 is 12.4 Å². The molecular weight excluding hydrogens is 50.0 g/mol. The fourth-order valence-electron chi connectivity index (χ4n) is 0. The van der Waals surface area contributed by atoms with E-state index in [2.05, 4.69) is 0 Å². The van der Waals surface area contributed by atoms with Crippen LogP contribution in [0, 0.1) is 0 Å². The van der Waals surface area contributed by atoms with E-state index in [4.69, 9.17) is 12.4 Å². The first-order chi connectivity index (χ1) is 5.44. The number of rotatable bonds is 1. The first-order valence-corrected chi connectivity index (χ1v) is 0.724. The minimum absolute atomic E-state index is 0.604. The zero-order valence-electron chi connectivity index (χ0n) is 10.9. The minimum atomic E-state index is -3.23. The molecule has 0 aliphatic carbocycles. The summed E-state index contributed by atoms with van der Waals surface area (Å²) in [6.07, 6.45) is 0. The molecule has 26 valence electrons. The third kappa shape index (κ3) is 1130. The average Bonchev–Trinajstić information content (AvgIpc) is 1.80. The Morgan fingerprint density at radius 2 is 3.25 bits per heavy atom. The third-order valence-corrected chi connectivity index (χ3v) is 0. The Labute approximate surface area is 39.6 Å². The van der Waals surface area contributed by atoms with E-state index < -0.39 is 25.4 Å². The highest BCUT2D eigenvalue weighted by molar-refractivity contribution is 4.32. The molecule has 0 aromatic carbocycles. The Kier molecular flexibility index (Phi) is 0.0787. The van der Waals surface area contributed by atoms with Gasteiger partial charge in [-0.1, -0.05) is 13.7 Å². The predicted molar refractivity (Wildman–Crippen MR) is 19.3 cm³/mol. The standard InChI is InChI=1S/C3H9N/c1-3(2)4/h3H,4H2,1-2H3/i1D3,2D3,3D/hD2. The fraction of sp³-hybridized carbons (Fsp3) is 1.00. The maximum Gasteiger partial charge on any atom is 0.119 e. The molecule has 0 amide bonds. The van der Waals surface area contributed by atoms with Crippen molar-refractivity contribution in [2.45, 2.75) is 19.7 Å². The monoisotopic (exact) mass is 68.1 g/mol. The van der Waals surface area contributed by atoms with Crippen molar-refractivity contribution >= 4 is 0 Å². The van der Waals surface area contributed by atoms with Crippen molar-refractivity contribution in [1.82, 2.24) is 0 Å². The highest BCUT2D eigenvalue weighted by atomic mass is 14.6. The molecule has 0 saturated carbocycles. The summed E-state index contributed by atoms with van der Waals surface area (Å²) in [5.74, 6) is 0. The molecule has 0 aromatic rings. The minimum Gasteiger partial charge on any atom is -0.328 e. The molecular formula is C3H9N. The van der Waals surface area contributed by atoms with E-state index >= 15 is 0 Å². The summed E-state index contributed by atoms with van der Waals surface area (Å²) in [5.41, 5.74) is -0.604. The number of hydrogen-bond donors (Lipinski definition) is 1. The lowest BCUT2D eigenvalue weighted by Crippen LogP contribution is -2.06. The van der Waals surface area contributed by atoms with E-state index in [-0.39, 0.29) is 0 Å².